The van der Waals surface area contributed by atoms with E-state index in [1.165, 1.54) is 270 Å². The third-order valence-electron chi connectivity index (χ3n) is 38.2. The highest BCUT2D eigenvalue weighted by molar-refractivity contribution is 5.19. The number of fused-ring (bicyclic) bond motifs is 8. The van der Waals surface area contributed by atoms with Crippen LogP contribution < -0.4 is 21.3 Å². The molecule has 8 nitrogen and oxygen atoms in total. The van der Waals surface area contributed by atoms with Gasteiger partial charge >= 0.3 is 0 Å². The van der Waals surface area contributed by atoms with Crippen LogP contribution >= 0.6 is 0 Å². The molecular weight excluding hydrogens is 1220 g/mol. The molecule has 4 N–H and O–H groups in total. The van der Waals surface area contributed by atoms with E-state index in [1.807, 2.05) is 0 Å². The molecule has 0 amide bonds. The Kier molecular flexibility index (Phi) is 21.0. The highest BCUT2D eigenvalue weighted by Crippen LogP contribution is 2.66. The van der Waals surface area contributed by atoms with Crippen LogP contribution in [0.4, 0.5) is 0 Å². The molecule has 0 bridgehead atoms. The molecule has 0 aromatic rings. The molecule has 4 heterocycles. The van der Waals surface area contributed by atoms with Crippen molar-refractivity contribution >= 4 is 0 Å². The molecule has 8 heteroatoms. The molecule has 4 aliphatic heterocycles. The predicted octanol–water partition coefficient (Wildman–Crippen LogP) is 20.3. The first-order valence-electron chi connectivity index (χ1n) is 47.7. The maximum Gasteiger partial charge on any atom is 0.0604 e. The molecule has 16 saturated carbocycles. The van der Waals surface area contributed by atoms with Crippen molar-refractivity contribution in [3.05, 3.63) is 0 Å². The predicted molar refractivity (Wildman–Crippen MR) is 411 cm³/mol. The van der Waals surface area contributed by atoms with Gasteiger partial charge in [-0.3, -0.25) is 40.9 Å². The van der Waals surface area contributed by atoms with Gasteiger partial charge in [0.2, 0.25) is 0 Å². The van der Waals surface area contributed by atoms with Crippen LogP contribution in [0.2, 0.25) is 0 Å². The minimum absolute atomic E-state index is 0.593. The molecule has 0 radical (unpaired) electrons. The van der Waals surface area contributed by atoms with Gasteiger partial charge in [-0.1, -0.05) is 180 Å². The summed E-state index contributed by atoms with van der Waals surface area (Å²) in [5.74, 6) is 16.6. The fraction of sp³-hybridized carbons (Fsp3) is 1.00. The van der Waals surface area contributed by atoms with Crippen LogP contribution in [-0.4, -0.2) is 117 Å². The van der Waals surface area contributed by atoms with E-state index < -0.39 is 0 Å². The number of nitrogens with one attached hydrogen (secondary N) is 4. The van der Waals surface area contributed by atoms with Crippen molar-refractivity contribution in [3.8, 4) is 0 Å². The summed E-state index contributed by atoms with van der Waals surface area (Å²) >= 11 is 0. The molecule has 20 aliphatic rings. The number of nitrogens with zero attached hydrogens (tertiary/aromatic N) is 4. The maximum atomic E-state index is 4.92. The Balaban J connectivity index is 0.770. The Morgan fingerprint density at radius 2 is 0.360 bits per heavy atom. The van der Waals surface area contributed by atoms with Crippen LogP contribution in [-0.2, 0) is 0 Å². The van der Waals surface area contributed by atoms with Gasteiger partial charge in [-0.2, -0.15) is 0 Å². The third kappa shape index (κ3) is 12.9. The Morgan fingerprint density at radius 1 is 0.150 bits per heavy atom. The van der Waals surface area contributed by atoms with Gasteiger partial charge in [0.25, 0.3) is 0 Å². The normalized spacial score (nSPS) is 52.7. The number of piperidine rings is 4. The van der Waals surface area contributed by atoms with Crippen molar-refractivity contribution in [1.82, 2.24) is 40.9 Å². The van der Waals surface area contributed by atoms with Crippen LogP contribution in [0.3, 0.4) is 0 Å². The zero-order valence-electron chi connectivity index (χ0n) is 64.4. The van der Waals surface area contributed by atoms with Crippen molar-refractivity contribution in [3.63, 3.8) is 0 Å². The van der Waals surface area contributed by atoms with Crippen LogP contribution in [0.25, 0.3) is 0 Å². The van der Waals surface area contributed by atoms with Gasteiger partial charge in [0.15, 0.2) is 0 Å². The second-order valence-corrected chi connectivity index (χ2v) is 42.0. The highest BCUT2D eigenvalue weighted by Gasteiger charge is 2.67. The lowest BCUT2D eigenvalue weighted by molar-refractivity contribution is -0.210. The summed E-state index contributed by atoms with van der Waals surface area (Å²) in [6.07, 6.45) is 90.1. The van der Waals surface area contributed by atoms with Crippen molar-refractivity contribution in [1.29, 1.82) is 0 Å². The summed E-state index contributed by atoms with van der Waals surface area (Å²) in [4.78, 5) is 14.8. The minimum Gasteiger partial charge on any atom is -0.299 e. The Labute approximate surface area is 613 Å². The van der Waals surface area contributed by atoms with Gasteiger partial charge in [-0.05, 0) is 299 Å². The monoisotopic (exact) mass is 1370 g/mol. The molecule has 20 fully saturated rings. The van der Waals surface area contributed by atoms with E-state index in [9.17, 15) is 0 Å². The second kappa shape index (κ2) is 30.5. The van der Waals surface area contributed by atoms with Gasteiger partial charge in [0.05, 0.1) is 24.7 Å². The molecule has 20 rings (SSSR count). The van der Waals surface area contributed by atoms with E-state index in [0.717, 1.165) is 179 Å². The molecule has 100 heavy (non-hydrogen) atoms. The summed E-state index contributed by atoms with van der Waals surface area (Å²) in [5, 5.41) is 19.7. The van der Waals surface area contributed by atoms with Crippen molar-refractivity contribution < 1.29 is 0 Å². The van der Waals surface area contributed by atoms with Gasteiger partial charge in [-0.15, -0.1) is 0 Å². The maximum absolute atomic E-state index is 4.92. The van der Waals surface area contributed by atoms with Crippen LogP contribution in [0.1, 0.15) is 372 Å². The third-order valence-corrected chi connectivity index (χ3v) is 38.2. The van der Waals surface area contributed by atoms with Gasteiger partial charge in [0.1, 0.15) is 0 Å². The Morgan fingerprint density at radius 3 is 0.610 bits per heavy atom. The first-order valence-corrected chi connectivity index (χ1v) is 47.7. The summed E-state index contributed by atoms with van der Waals surface area (Å²) in [6, 6.07) is 9.14. The smallest absolute Gasteiger partial charge is 0.0604 e. The molecule has 0 spiro atoms. The molecule has 32 unspecified atom stereocenters. The quantitative estimate of drug-likeness (QED) is 0.154. The summed E-state index contributed by atoms with van der Waals surface area (Å²) in [6.45, 7) is 0. The van der Waals surface area contributed by atoms with E-state index in [4.69, 9.17) is 21.3 Å². The standard InChI is InChI=1S/C92H154N8/c1-9-33-67-59(21-1)29-17-41-79(67)97(87-53-45-63-25-5-13-37-75(63)93-87)83-57-84(98(80-42-18-30-60-22-2-10-34-68(60)80)88-54-46-64-26-6-14-38-76(64)94-88)72-51-52-74-86(100(82-44-20-32-62-24-4-12-36-70(62)82)90-56-48-66-28-8-16-40-78(66)96-90)58-85(73-50-49-71(83)91(72)92(73)74)99(81-43-19-31-61-23-3-11-35-69(61)81)89-55-47-65-27-7-15-39-77(65)95-89/h59-96H,1-58H2. The van der Waals surface area contributed by atoms with E-state index in [0.29, 0.717) is 24.7 Å². The lowest BCUT2D eigenvalue weighted by atomic mass is 9.44. The van der Waals surface area contributed by atoms with Gasteiger partial charge in [0, 0.05) is 72.5 Å². The topological polar surface area (TPSA) is 61.1 Å². The lowest BCUT2D eigenvalue weighted by Crippen LogP contribution is -2.75. The van der Waals surface area contributed by atoms with Crippen LogP contribution in [0.5, 0.6) is 0 Å². The zero-order valence-corrected chi connectivity index (χ0v) is 64.4. The average Bonchev–Trinajstić information content (AvgIpc) is 0.697. The van der Waals surface area contributed by atoms with Gasteiger partial charge < -0.3 is 0 Å². The molecule has 0 aromatic heterocycles. The zero-order chi connectivity index (χ0) is 65.8. The highest BCUT2D eigenvalue weighted by atomic mass is 15.4. The van der Waals surface area contributed by atoms with Crippen LogP contribution in [0, 0.1) is 107 Å². The average molecular weight is 1370 g/mol. The largest absolute Gasteiger partial charge is 0.299 e. The van der Waals surface area contributed by atoms with E-state index >= 15 is 0 Å². The molecular formula is C92H154N8. The van der Waals surface area contributed by atoms with Crippen molar-refractivity contribution in [2.45, 2.75) is 470 Å². The van der Waals surface area contributed by atoms with E-state index in [-0.39, 0.29) is 0 Å². The SMILES string of the molecule is C1CCC2NC(N(C3CCCC4CCCCC43)C3CC(N(C4CCC5CCCCC5N4)C4CCCC5CCCCC54)C4CCC5C6C(CCC3C46)C(N(C3CCC4CCCCC4N3)C3CCCC4CCCCC43)CC5N(C3CCC4CCCCC4N3)C3CCCC4CCCCC43)CCC2C1. The first-order chi connectivity index (χ1) is 49.6. The molecule has 562 valence electrons. The second-order valence-electron chi connectivity index (χ2n) is 42.0. The Bertz CT molecular complexity index is 2310. The van der Waals surface area contributed by atoms with Gasteiger partial charge in [-0.25, -0.2) is 0 Å². The minimum atomic E-state index is 0.593. The fourth-order valence-electron chi connectivity index (χ4n) is 34.4. The molecule has 4 saturated heterocycles. The summed E-state index contributed by atoms with van der Waals surface area (Å²) in [5.41, 5.74) is 0. The summed E-state index contributed by atoms with van der Waals surface area (Å²) in [7, 11) is 0. The number of hydrogen-bond donors (Lipinski definition) is 4. The van der Waals surface area contributed by atoms with E-state index in [1.54, 1.807) is 103 Å². The number of hydrogen-bond acceptors (Lipinski definition) is 8. The van der Waals surface area contributed by atoms with Crippen molar-refractivity contribution in [2.75, 3.05) is 0 Å². The molecule has 32 atom stereocenters. The van der Waals surface area contributed by atoms with Crippen molar-refractivity contribution in [2.24, 2.45) is 107 Å². The molecule has 0 aromatic carbocycles. The lowest BCUT2D eigenvalue weighted by Gasteiger charge is -2.70. The summed E-state index contributed by atoms with van der Waals surface area (Å²) < 4.78 is 0. The fourth-order valence-corrected chi connectivity index (χ4v) is 34.4. The van der Waals surface area contributed by atoms with Crippen LogP contribution in [0.15, 0.2) is 0 Å². The van der Waals surface area contributed by atoms with E-state index in [2.05, 4.69) is 19.6 Å². The number of rotatable bonds is 12. The Hall–Kier alpha value is -0.320. The molecule has 16 aliphatic carbocycles. The first kappa shape index (κ1) is 68.9.